The van der Waals surface area contributed by atoms with Gasteiger partial charge in [0.05, 0.1) is 11.1 Å². The molecule has 5 aromatic rings. The van der Waals surface area contributed by atoms with Crippen LogP contribution in [-0.2, 0) is 18.4 Å². The molecular weight excluding hydrogens is 446 g/mol. The summed E-state index contributed by atoms with van der Waals surface area (Å²) >= 11 is 3.57. The van der Waals surface area contributed by atoms with E-state index in [-0.39, 0.29) is 0 Å². The van der Waals surface area contributed by atoms with Crippen molar-refractivity contribution in [3.63, 3.8) is 0 Å². The minimum atomic E-state index is -0.424. The second-order valence-corrected chi connectivity index (χ2v) is 8.77. The Morgan fingerprint density at radius 3 is 1.94 bits per heavy atom. The van der Waals surface area contributed by atoms with Crippen LogP contribution >= 0.6 is 15.9 Å². The summed E-state index contributed by atoms with van der Waals surface area (Å²) in [6.45, 7) is 0. The number of hydrogen-bond acceptors (Lipinski definition) is 2. The lowest BCUT2D eigenvalue weighted by atomic mass is 9.78. The summed E-state index contributed by atoms with van der Waals surface area (Å²) in [4.78, 5) is 0. The van der Waals surface area contributed by atoms with E-state index < -0.39 is 5.54 Å². The molecule has 0 saturated heterocycles. The van der Waals surface area contributed by atoms with Gasteiger partial charge < -0.3 is 0 Å². The number of aromatic nitrogens is 3. The zero-order valence-electron chi connectivity index (χ0n) is 17.0. The molecule has 0 spiro atoms. The molecule has 1 unspecified atom stereocenters. The minimum absolute atomic E-state index is 0.424. The van der Waals surface area contributed by atoms with Gasteiger partial charge in [-0.25, -0.2) is 4.68 Å². The Morgan fingerprint density at radius 1 is 0.645 bits per heavy atom. The van der Waals surface area contributed by atoms with Crippen LogP contribution in [0.5, 0.6) is 0 Å². The molecule has 0 fully saturated rings. The number of fused-ring (bicyclic) bond motifs is 1. The first-order valence-corrected chi connectivity index (χ1v) is 11.2. The molecule has 0 radical (unpaired) electrons. The standard InChI is InChI=1S/C27H22BrN3/c28-24-17-15-22(16-18-24)20-27(23-11-5-2-6-12-23,19-21-9-3-1-4-10-21)31-26-14-8-7-13-25(26)29-30-31/h1-18H,19-20H2. The third kappa shape index (κ3) is 3.91. The molecule has 152 valence electrons. The van der Waals surface area contributed by atoms with Crippen molar-refractivity contribution in [1.82, 2.24) is 15.0 Å². The Hall–Kier alpha value is -3.24. The zero-order valence-corrected chi connectivity index (χ0v) is 18.6. The summed E-state index contributed by atoms with van der Waals surface area (Å²) in [7, 11) is 0. The van der Waals surface area contributed by atoms with Crippen LogP contribution in [-0.4, -0.2) is 15.0 Å². The van der Waals surface area contributed by atoms with Crippen molar-refractivity contribution in [3.8, 4) is 0 Å². The summed E-state index contributed by atoms with van der Waals surface area (Å²) < 4.78 is 3.21. The molecule has 0 bridgehead atoms. The van der Waals surface area contributed by atoms with E-state index in [4.69, 9.17) is 5.21 Å². The lowest BCUT2D eigenvalue weighted by molar-refractivity contribution is 0.317. The van der Waals surface area contributed by atoms with Crippen molar-refractivity contribution in [2.24, 2.45) is 0 Å². The molecule has 3 nitrogen and oxygen atoms in total. The SMILES string of the molecule is Brc1ccc(CC(Cc2ccccc2)(c2ccccc2)n2nnc3ccccc32)cc1. The molecule has 1 atom stereocenters. The maximum Gasteiger partial charge on any atom is 0.113 e. The maximum atomic E-state index is 4.71. The smallest absolute Gasteiger partial charge is 0.113 e. The molecule has 4 aromatic carbocycles. The fourth-order valence-electron chi connectivity index (χ4n) is 4.35. The van der Waals surface area contributed by atoms with E-state index in [1.54, 1.807) is 0 Å². The van der Waals surface area contributed by atoms with Crippen molar-refractivity contribution in [2.45, 2.75) is 18.4 Å². The molecule has 0 aliphatic carbocycles. The summed E-state index contributed by atoms with van der Waals surface area (Å²) in [5, 5.41) is 9.22. The zero-order chi connectivity index (χ0) is 21.1. The van der Waals surface area contributed by atoms with E-state index >= 15 is 0 Å². The maximum absolute atomic E-state index is 4.71. The second kappa shape index (κ2) is 8.48. The summed E-state index contributed by atoms with van der Waals surface area (Å²) in [5.41, 5.74) is 5.26. The number of halogens is 1. The second-order valence-electron chi connectivity index (χ2n) is 7.85. The largest absolute Gasteiger partial charge is 0.233 e. The molecule has 1 aromatic heterocycles. The Labute approximate surface area is 190 Å². The van der Waals surface area contributed by atoms with Gasteiger partial charge in [0.1, 0.15) is 5.52 Å². The fraction of sp³-hybridized carbons (Fsp3) is 0.111. The molecule has 0 saturated carbocycles. The van der Waals surface area contributed by atoms with Gasteiger partial charge in [-0.1, -0.05) is 106 Å². The Bertz CT molecular complexity index is 1280. The molecule has 0 aliphatic rings. The van der Waals surface area contributed by atoms with Gasteiger partial charge >= 0.3 is 0 Å². The van der Waals surface area contributed by atoms with E-state index in [9.17, 15) is 0 Å². The normalized spacial score (nSPS) is 13.2. The fourth-order valence-corrected chi connectivity index (χ4v) is 4.61. The van der Waals surface area contributed by atoms with Crippen LogP contribution < -0.4 is 0 Å². The van der Waals surface area contributed by atoms with Gasteiger partial charge in [0.2, 0.25) is 0 Å². The summed E-state index contributed by atoms with van der Waals surface area (Å²) in [6.07, 6.45) is 1.60. The first-order chi connectivity index (χ1) is 15.2. The third-order valence-corrected chi connectivity index (χ3v) is 6.35. The first kappa shape index (κ1) is 19.7. The lowest BCUT2D eigenvalue weighted by Gasteiger charge is -2.35. The molecule has 0 amide bonds. The van der Waals surface area contributed by atoms with E-state index in [2.05, 4.69) is 123 Å². The van der Waals surface area contributed by atoms with E-state index in [0.717, 1.165) is 28.3 Å². The highest BCUT2D eigenvalue weighted by Gasteiger charge is 2.37. The Balaban J connectivity index is 1.76. The van der Waals surface area contributed by atoms with Crippen LogP contribution in [0.3, 0.4) is 0 Å². The van der Waals surface area contributed by atoms with Crippen LogP contribution in [0, 0.1) is 0 Å². The molecule has 1 heterocycles. The predicted molar refractivity (Wildman–Crippen MR) is 129 cm³/mol. The van der Waals surface area contributed by atoms with Gasteiger partial charge in [-0.15, -0.1) is 5.10 Å². The van der Waals surface area contributed by atoms with E-state index in [1.807, 2.05) is 12.1 Å². The molecule has 0 aliphatic heterocycles. The number of nitrogens with zero attached hydrogens (tertiary/aromatic N) is 3. The van der Waals surface area contributed by atoms with Crippen molar-refractivity contribution in [1.29, 1.82) is 0 Å². The third-order valence-electron chi connectivity index (χ3n) is 5.82. The van der Waals surface area contributed by atoms with Crippen molar-refractivity contribution in [2.75, 3.05) is 0 Å². The van der Waals surface area contributed by atoms with Gasteiger partial charge in [-0.05, 0) is 41.0 Å². The summed E-state index contributed by atoms with van der Waals surface area (Å²) in [6, 6.07) is 38.1. The average Bonchev–Trinajstić information content (AvgIpc) is 3.26. The quantitative estimate of drug-likeness (QED) is 0.288. The van der Waals surface area contributed by atoms with Crippen LogP contribution in [0.4, 0.5) is 0 Å². The first-order valence-electron chi connectivity index (χ1n) is 10.4. The van der Waals surface area contributed by atoms with Gasteiger partial charge in [0.15, 0.2) is 0 Å². The minimum Gasteiger partial charge on any atom is -0.233 e. The van der Waals surface area contributed by atoms with Crippen LogP contribution in [0.2, 0.25) is 0 Å². The number of hydrogen-bond donors (Lipinski definition) is 0. The Kier molecular flexibility index (Phi) is 5.39. The highest BCUT2D eigenvalue weighted by molar-refractivity contribution is 9.10. The number of benzene rings is 4. The molecular formula is C27H22BrN3. The monoisotopic (exact) mass is 467 g/mol. The van der Waals surface area contributed by atoms with Crippen molar-refractivity contribution in [3.05, 3.63) is 130 Å². The van der Waals surface area contributed by atoms with Crippen LogP contribution in [0.15, 0.2) is 114 Å². The van der Waals surface area contributed by atoms with Gasteiger partial charge in [-0.2, -0.15) is 0 Å². The topological polar surface area (TPSA) is 30.7 Å². The highest BCUT2D eigenvalue weighted by atomic mass is 79.9. The lowest BCUT2D eigenvalue weighted by Crippen LogP contribution is -2.40. The molecule has 31 heavy (non-hydrogen) atoms. The van der Waals surface area contributed by atoms with Gasteiger partial charge in [0.25, 0.3) is 0 Å². The van der Waals surface area contributed by atoms with E-state index in [1.165, 1.54) is 16.7 Å². The predicted octanol–water partition coefficient (Wildman–Crippen LogP) is 6.42. The van der Waals surface area contributed by atoms with Crippen molar-refractivity contribution < 1.29 is 0 Å². The summed E-state index contributed by atoms with van der Waals surface area (Å²) in [5.74, 6) is 0. The average molecular weight is 468 g/mol. The van der Waals surface area contributed by atoms with Gasteiger partial charge in [-0.3, -0.25) is 0 Å². The number of rotatable bonds is 6. The van der Waals surface area contributed by atoms with Crippen LogP contribution in [0.1, 0.15) is 16.7 Å². The van der Waals surface area contributed by atoms with E-state index in [0.29, 0.717) is 0 Å². The molecule has 5 rings (SSSR count). The number of para-hydroxylation sites is 1. The molecule has 0 N–H and O–H groups in total. The molecule has 4 heteroatoms. The van der Waals surface area contributed by atoms with Gasteiger partial charge in [0, 0.05) is 17.3 Å². The van der Waals surface area contributed by atoms with Crippen molar-refractivity contribution >= 4 is 27.0 Å². The highest BCUT2D eigenvalue weighted by Crippen LogP contribution is 2.36. The van der Waals surface area contributed by atoms with Crippen LogP contribution in [0.25, 0.3) is 11.0 Å². The Morgan fingerprint density at radius 2 is 1.23 bits per heavy atom.